The van der Waals surface area contributed by atoms with E-state index in [9.17, 15) is 14.4 Å². The van der Waals surface area contributed by atoms with Gasteiger partial charge < -0.3 is 19.5 Å². The zero-order chi connectivity index (χ0) is 20.3. The summed E-state index contributed by atoms with van der Waals surface area (Å²) in [5.41, 5.74) is 1.17. The van der Waals surface area contributed by atoms with Gasteiger partial charge in [-0.3, -0.25) is 14.4 Å². The molecule has 2 amide bonds. The van der Waals surface area contributed by atoms with Crippen molar-refractivity contribution in [3.05, 3.63) is 35.0 Å². The van der Waals surface area contributed by atoms with Crippen molar-refractivity contribution in [2.75, 3.05) is 33.3 Å². The van der Waals surface area contributed by atoms with Crippen molar-refractivity contribution in [2.24, 2.45) is 5.92 Å². The molecular formula is C20H24ClN3O4. The third kappa shape index (κ3) is 4.47. The molecule has 0 aliphatic carbocycles. The standard InChI is InChI=1S/C20H24ClN3O4/c1-3-28-20(27)14-5-4-8-24(11-14)18(25)12-23(2)19(26)17-9-13-6-7-15(21)10-16(13)22-17/h6-7,9-10,14,22H,3-5,8,11-12H2,1-2H3. The minimum Gasteiger partial charge on any atom is -0.466 e. The molecule has 1 aromatic carbocycles. The molecule has 28 heavy (non-hydrogen) atoms. The Hall–Kier alpha value is -2.54. The average molecular weight is 406 g/mol. The molecule has 7 nitrogen and oxygen atoms in total. The van der Waals surface area contributed by atoms with Gasteiger partial charge >= 0.3 is 5.97 Å². The van der Waals surface area contributed by atoms with Gasteiger partial charge in [-0.2, -0.15) is 0 Å². The molecule has 2 heterocycles. The molecule has 0 spiro atoms. The highest BCUT2D eigenvalue weighted by molar-refractivity contribution is 6.31. The summed E-state index contributed by atoms with van der Waals surface area (Å²) in [6.45, 7) is 2.97. The van der Waals surface area contributed by atoms with Crippen LogP contribution in [0.25, 0.3) is 10.9 Å². The van der Waals surface area contributed by atoms with Crippen molar-refractivity contribution < 1.29 is 19.1 Å². The van der Waals surface area contributed by atoms with Gasteiger partial charge in [-0.15, -0.1) is 0 Å². The zero-order valence-corrected chi connectivity index (χ0v) is 16.8. The number of aromatic amines is 1. The number of hydrogen-bond acceptors (Lipinski definition) is 4. The van der Waals surface area contributed by atoms with Crippen LogP contribution in [-0.4, -0.2) is 65.9 Å². The zero-order valence-electron chi connectivity index (χ0n) is 16.0. The molecule has 2 aromatic rings. The van der Waals surface area contributed by atoms with Crippen LogP contribution in [0.5, 0.6) is 0 Å². The van der Waals surface area contributed by atoms with Crippen LogP contribution in [0, 0.1) is 5.92 Å². The number of H-pyrrole nitrogens is 1. The van der Waals surface area contributed by atoms with Crippen LogP contribution in [-0.2, 0) is 14.3 Å². The predicted molar refractivity (Wildman–Crippen MR) is 106 cm³/mol. The topological polar surface area (TPSA) is 82.7 Å². The Balaban J connectivity index is 1.62. The van der Waals surface area contributed by atoms with E-state index >= 15 is 0 Å². The number of fused-ring (bicyclic) bond motifs is 1. The molecule has 1 saturated heterocycles. The monoisotopic (exact) mass is 405 g/mol. The molecule has 0 bridgehead atoms. The molecule has 1 atom stereocenters. The van der Waals surface area contributed by atoms with Gasteiger partial charge in [0.1, 0.15) is 5.69 Å². The molecule has 150 valence electrons. The van der Waals surface area contributed by atoms with Gasteiger partial charge in [0.05, 0.1) is 19.1 Å². The van der Waals surface area contributed by atoms with Crippen LogP contribution >= 0.6 is 11.6 Å². The summed E-state index contributed by atoms with van der Waals surface area (Å²) >= 11 is 5.98. The molecule has 3 rings (SSSR count). The molecular weight excluding hydrogens is 382 g/mol. The third-order valence-electron chi connectivity index (χ3n) is 4.93. The number of aromatic nitrogens is 1. The van der Waals surface area contributed by atoms with E-state index in [2.05, 4.69) is 4.98 Å². The molecule has 1 aromatic heterocycles. The molecule has 0 saturated carbocycles. The minimum atomic E-state index is -0.294. The second-order valence-electron chi connectivity index (χ2n) is 7.01. The fourth-order valence-electron chi connectivity index (χ4n) is 3.45. The van der Waals surface area contributed by atoms with Gasteiger partial charge in [0, 0.05) is 36.1 Å². The first-order valence-corrected chi connectivity index (χ1v) is 9.75. The Morgan fingerprint density at radius 2 is 2.11 bits per heavy atom. The summed E-state index contributed by atoms with van der Waals surface area (Å²) in [6.07, 6.45) is 1.46. The lowest BCUT2D eigenvalue weighted by atomic mass is 9.98. The second kappa shape index (κ2) is 8.65. The Morgan fingerprint density at radius 3 is 2.86 bits per heavy atom. The lowest BCUT2D eigenvalue weighted by Gasteiger charge is -2.32. The van der Waals surface area contributed by atoms with Gasteiger partial charge in [0.2, 0.25) is 5.91 Å². The number of hydrogen-bond donors (Lipinski definition) is 1. The smallest absolute Gasteiger partial charge is 0.310 e. The molecule has 1 unspecified atom stereocenters. The maximum atomic E-state index is 12.7. The minimum absolute atomic E-state index is 0.0511. The number of nitrogens with one attached hydrogen (secondary N) is 1. The maximum Gasteiger partial charge on any atom is 0.310 e. The molecule has 0 radical (unpaired) electrons. The lowest BCUT2D eigenvalue weighted by molar-refractivity contribution is -0.151. The van der Waals surface area contributed by atoms with Gasteiger partial charge in [0.25, 0.3) is 5.91 Å². The summed E-state index contributed by atoms with van der Waals surface area (Å²) in [6, 6.07) is 7.09. The summed E-state index contributed by atoms with van der Waals surface area (Å²) < 4.78 is 5.07. The summed E-state index contributed by atoms with van der Waals surface area (Å²) in [4.78, 5) is 43.3. The van der Waals surface area contributed by atoms with Crippen molar-refractivity contribution in [2.45, 2.75) is 19.8 Å². The van der Waals surface area contributed by atoms with E-state index < -0.39 is 0 Å². The van der Waals surface area contributed by atoms with Gasteiger partial charge in [-0.1, -0.05) is 17.7 Å². The fraction of sp³-hybridized carbons (Fsp3) is 0.450. The number of carbonyl (C=O) groups is 3. The average Bonchev–Trinajstić information content (AvgIpc) is 3.10. The molecule has 1 N–H and O–H groups in total. The highest BCUT2D eigenvalue weighted by atomic mass is 35.5. The lowest BCUT2D eigenvalue weighted by Crippen LogP contribution is -2.47. The van der Waals surface area contributed by atoms with E-state index in [4.69, 9.17) is 16.3 Å². The molecule has 8 heteroatoms. The summed E-state index contributed by atoms with van der Waals surface area (Å²) in [7, 11) is 1.59. The quantitative estimate of drug-likeness (QED) is 0.775. The number of amides is 2. The first kappa shape index (κ1) is 20.2. The van der Waals surface area contributed by atoms with Crippen LogP contribution in [0.1, 0.15) is 30.3 Å². The number of nitrogens with zero attached hydrogens (tertiary/aromatic N) is 2. The van der Waals surface area contributed by atoms with Crippen LogP contribution in [0.4, 0.5) is 0 Å². The van der Waals surface area contributed by atoms with Crippen LogP contribution in [0.2, 0.25) is 5.02 Å². The largest absolute Gasteiger partial charge is 0.466 e. The van der Waals surface area contributed by atoms with Crippen molar-refractivity contribution in [3.8, 4) is 0 Å². The number of ether oxygens (including phenoxy) is 1. The van der Waals surface area contributed by atoms with Gasteiger partial charge in [-0.25, -0.2) is 0 Å². The number of halogens is 1. The maximum absolute atomic E-state index is 12.7. The molecule has 1 fully saturated rings. The van der Waals surface area contributed by atoms with E-state index in [0.29, 0.717) is 30.4 Å². The van der Waals surface area contributed by atoms with Crippen molar-refractivity contribution in [1.29, 1.82) is 0 Å². The highest BCUT2D eigenvalue weighted by Gasteiger charge is 2.30. The number of benzene rings is 1. The van der Waals surface area contributed by atoms with Crippen LogP contribution in [0.15, 0.2) is 24.3 Å². The van der Waals surface area contributed by atoms with Crippen LogP contribution in [0.3, 0.4) is 0 Å². The van der Waals surface area contributed by atoms with E-state index in [1.807, 2.05) is 6.07 Å². The number of likely N-dealkylation sites (tertiary alicyclic amines) is 1. The Labute approximate surface area is 168 Å². The van der Waals surface area contributed by atoms with Crippen molar-refractivity contribution in [1.82, 2.24) is 14.8 Å². The number of likely N-dealkylation sites (N-methyl/N-ethyl adjacent to an activating group) is 1. The molecule has 1 aliphatic rings. The Morgan fingerprint density at radius 1 is 1.32 bits per heavy atom. The van der Waals surface area contributed by atoms with E-state index in [1.54, 1.807) is 37.1 Å². The summed E-state index contributed by atoms with van der Waals surface area (Å²) in [5, 5.41) is 1.46. The van der Waals surface area contributed by atoms with Crippen LogP contribution < -0.4 is 0 Å². The number of rotatable bonds is 5. The summed E-state index contributed by atoms with van der Waals surface area (Å²) in [5.74, 6) is -1.01. The normalized spacial score (nSPS) is 16.8. The van der Waals surface area contributed by atoms with E-state index in [0.717, 1.165) is 23.7 Å². The number of piperidine rings is 1. The van der Waals surface area contributed by atoms with Crippen molar-refractivity contribution >= 4 is 40.3 Å². The second-order valence-corrected chi connectivity index (χ2v) is 7.44. The highest BCUT2D eigenvalue weighted by Crippen LogP contribution is 2.21. The molecule has 1 aliphatic heterocycles. The van der Waals surface area contributed by atoms with Crippen molar-refractivity contribution in [3.63, 3.8) is 0 Å². The number of esters is 1. The first-order valence-electron chi connectivity index (χ1n) is 9.37. The van der Waals surface area contributed by atoms with E-state index in [1.165, 1.54) is 4.90 Å². The Kier molecular flexibility index (Phi) is 6.24. The number of carbonyl (C=O) groups excluding carboxylic acids is 3. The Bertz CT molecular complexity index is 895. The fourth-order valence-corrected chi connectivity index (χ4v) is 3.62. The van der Waals surface area contributed by atoms with E-state index in [-0.39, 0.29) is 30.2 Å². The predicted octanol–water partition coefficient (Wildman–Crippen LogP) is 2.70. The third-order valence-corrected chi connectivity index (χ3v) is 5.16. The van der Waals surface area contributed by atoms with Gasteiger partial charge in [-0.05, 0) is 38.0 Å². The first-order chi connectivity index (χ1) is 13.4. The van der Waals surface area contributed by atoms with Gasteiger partial charge in [0.15, 0.2) is 0 Å². The SMILES string of the molecule is CCOC(=O)C1CCCN(C(=O)CN(C)C(=O)c2cc3ccc(Cl)cc3[nH]2)C1.